The number of amides is 1. The van der Waals surface area contributed by atoms with E-state index in [4.69, 9.17) is 0 Å². The molecule has 1 fully saturated rings. The molecule has 2 aromatic rings. The van der Waals surface area contributed by atoms with Crippen LogP contribution in [0, 0.1) is 6.92 Å². The molecule has 0 spiro atoms. The van der Waals surface area contributed by atoms with Crippen molar-refractivity contribution in [3.05, 3.63) is 11.9 Å². The number of carbonyl (C=O) groups excluding carboxylic acids is 1. The third kappa shape index (κ3) is 2.97. The maximum Gasteiger partial charge on any atom is 0.244 e. The maximum atomic E-state index is 12.4. The normalized spacial score (nSPS) is 20.2. The van der Waals surface area contributed by atoms with Gasteiger partial charge in [0, 0.05) is 19.6 Å². The summed E-state index contributed by atoms with van der Waals surface area (Å²) >= 11 is 0. The average molecular weight is 339 g/mol. The van der Waals surface area contributed by atoms with Gasteiger partial charge in [-0.15, -0.1) is 0 Å². The number of aromatic nitrogens is 4. The van der Waals surface area contributed by atoms with Gasteiger partial charge in [0.05, 0.1) is 23.4 Å². The zero-order valence-corrected chi connectivity index (χ0v) is 14.4. The van der Waals surface area contributed by atoms with Gasteiger partial charge in [-0.2, -0.15) is 10.2 Å². The number of likely N-dealkylation sites (N-methyl/N-ethyl adjacent to an activating group) is 1. The van der Waals surface area contributed by atoms with Crippen LogP contribution in [-0.2, 0) is 27.7 Å². The maximum absolute atomic E-state index is 12.4. The lowest BCUT2D eigenvalue weighted by Crippen LogP contribution is -2.39. The molecule has 0 radical (unpaired) electrons. The Kier molecular flexibility index (Phi) is 3.91. The molecule has 3 rings (SSSR count). The van der Waals surface area contributed by atoms with E-state index in [1.54, 1.807) is 11.7 Å². The molecule has 0 unspecified atom stereocenters. The van der Waals surface area contributed by atoms with Crippen LogP contribution >= 0.6 is 0 Å². The van der Waals surface area contributed by atoms with Crippen LogP contribution in [0.2, 0.25) is 0 Å². The summed E-state index contributed by atoms with van der Waals surface area (Å²) in [7, 11) is -1.34. The van der Waals surface area contributed by atoms with E-state index in [2.05, 4.69) is 10.2 Å². The molecule has 2 aromatic heterocycles. The summed E-state index contributed by atoms with van der Waals surface area (Å²) in [5.74, 6) is 0.0816. The second-order valence-electron chi connectivity index (χ2n) is 6.02. The number of sulfone groups is 1. The minimum atomic E-state index is -3.00. The predicted molar refractivity (Wildman–Crippen MR) is 85.8 cm³/mol. The molecule has 0 aliphatic carbocycles. The summed E-state index contributed by atoms with van der Waals surface area (Å²) in [6.45, 7) is 4.74. The first-order chi connectivity index (χ1) is 10.8. The molecule has 0 aromatic carbocycles. The lowest BCUT2D eigenvalue weighted by Gasteiger charge is -2.23. The van der Waals surface area contributed by atoms with Gasteiger partial charge in [-0.05, 0) is 20.3 Å². The van der Waals surface area contributed by atoms with Crippen molar-refractivity contribution in [3.63, 3.8) is 0 Å². The van der Waals surface area contributed by atoms with Crippen molar-refractivity contribution < 1.29 is 13.2 Å². The molecule has 1 amide bonds. The van der Waals surface area contributed by atoms with Crippen LogP contribution < -0.4 is 0 Å². The van der Waals surface area contributed by atoms with Crippen molar-refractivity contribution in [2.24, 2.45) is 0 Å². The van der Waals surface area contributed by atoms with Gasteiger partial charge in [-0.25, -0.2) is 8.42 Å². The van der Waals surface area contributed by atoms with Crippen LogP contribution in [0.15, 0.2) is 6.20 Å². The summed E-state index contributed by atoms with van der Waals surface area (Å²) < 4.78 is 26.6. The van der Waals surface area contributed by atoms with E-state index in [9.17, 15) is 13.2 Å². The number of rotatable bonds is 4. The zero-order valence-electron chi connectivity index (χ0n) is 13.6. The van der Waals surface area contributed by atoms with E-state index in [-0.39, 0.29) is 30.0 Å². The van der Waals surface area contributed by atoms with Crippen molar-refractivity contribution in [1.29, 1.82) is 0 Å². The summed E-state index contributed by atoms with van der Waals surface area (Å²) in [4.78, 5) is 13.9. The molecule has 1 aliphatic heterocycles. The molecule has 0 N–H and O–H groups in total. The molecule has 1 saturated heterocycles. The Labute approximate surface area is 135 Å². The summed E-state index contributed by atoms with van der Waals surface area (Å²) in [5.41, 5.74) is 2.54. The number of nitrogens with zero attached hydrogens (tertiary/aromatic N) is 5. The summed E-state index contributed by atoms with van der Waals surface area (Å²) in [6, 6.07) is -0.231. The second kappa shape index (κ2) is 5.63. The Balaban J connectivity index is 1.75. The van der Waals surface area contributed by atoms with E-state index in [0.717, 1.165) is 23.3 Å². The van der Waals surface area contributed by atoms with Gasteiger partial charge in [-0.3, -0.25) is 14.2 Å². The van der Waals surface area contributed by atoms with Gasteiger partial charge < -0.3 is 4.90 Å². The molecule has 126 valence electrons. The Hall–Kier alpha value is -1.90. The number of aryl methyl sites for hydroxylation is 2. The fourth-order valence-electron chi connectivity index (χ4n) is 3.00. The highest BCUT2D eigenvalue weighted by Gasteiger charge is 2.32. The Morgan fingerprint density at radius 1 is 1.43 bits per heavy atom. The third-order valence-electron chi connectivity index (χ3n) is 4.38. The molecule has 1 atom stereocenters. The topological polar surface area (TPSA) is 90.1 Å². The molecular weight excluding hydrogens is 318 g/mol. The van der Waals surface area contributed by atoms with E-state index in [0.29, 0.717) is 6.42 Å². The Morgan fingerprint density at radius 2 is 2.17 bits per heavy atom. The largest absolute Gasteiger partial charge is 0.340 e. The quantitative estimate of drug-likeness (QED) is 0.794. The molecule has 0 bridgehead atoms. The molecule has 9 heteroatoms. The van der Waals surface area contributed by atoms with Crippen LogP contribution in [0.5, 0.6) is 0 Å². The SMILES string of the molecule is CCn1nc(C)c2nn(CC(=O)N(C)[C@@H]3CCS(=O)(=O)C3)cc21. The van der Waals surface area contributed by atoms with E-state index >= 15 is 0 Å². The van der Waals surface area contributed by atoms with Crippen molar-refractivity contribution in [1.82, 2.24) is 24.5 Å². The molecule has 23 heavy (non-hydrogen) atoms. The molecule has 8 nitrogen and oxygen atoms in total. The van der Waals surface area contributed by atoms with Crippen molar-refractivity contribution in [2.75, 3.05) is 18.6 Å². The summed E-state index contributed by atoms with van der Waals surface area (Å²) in [5, 5.41) is 8.81. The van der Waals surface area contributed by atoms with Gasteiger partial charge >= 0.3 is 0 Å². The molecule has 3 heterocycles. The van der Waals surface area contributed by atoms with Crippen LogP contribution in [0.4, 0.5) is 0 Å². The highest BCUT2D eigenvalue weighted by molar-refractivity contribution is 7.91. The highest BCUT2D eigenvalue weighted by Crippen LogP contribution is 2.18. The number of carbonyl (C=O) groups is 1. The Bertz CT molecular complexity index is 851. The number of hydrogen-bond acceptors (Lipinski definition) is 5. The number of hydrogen-bond donors (Lipinski definition) is 0. The molecule has 1 aliphatic rings. The van der Waals surface area contributed by atoms with E-state index in [1.807, 2.05) is 24.7 Å². The Morgan fingerprint density at radius 3 is 2.78 bits per heavy atom. The highest BCUT2D eigenvalue weighted by atomic mass is 32.2. The van der Waals surface area contributed by atoms with Crippen molar-refractivity contribution in [3.8, 4) is 0 Å². The van der Waals surface area contributed by atoms with Crippen molar-refractivity contribution >= 4 is 26.8 Å². The van der Waals surface area contributed by atoms with Gasteiger partial charge in [0.1, 0.15) is 17.6 Å². The lowest BCUT2D eigenvalue weighted by molar-refractivity contribution is -0.132. The monoisotopic (exact) mass is 339 g/mol. The fourth-order valence-corrected chi connectivity index (χ4v) is 4.77. The fraction of sp³-hybridized carbons (Fsp3) is 0.643. The van der Waals surface area contributed by atoms with Gasteiger partial charge in [0.15, 0.2) is 9.84 Å². The van der Waals surface area contributed by atoms with Crippen LogP contribution in [0.3, 0.4) is 0 Å². The third-order valence-corrected chi connectivity index (χ3v) is 6.13. The van der Waals surface area contributed by atoms with E-state index < -0.39 is 9.84 Å². The average Bonchev–Trinajstić information content (AvgIpc) is 3.13. The first-order valence-electron chi connectivity index (χ1n) is 7.67. The molecule has 0 saturated carbocycles. The van der Waals surface area contributed by atoms with E-state index in [1.165, 1.54) is 4.90 Å². The lowest BCUT2D eigenvalue weighted by atomic mass is 10.2. The zero-order chi connectivity index (χ0) is 16.8. The second-order valence-corrected chi connectivity index (χ2v) is 8.25. The summed E-state index contributed by atoms with van der Waals surface area (Å²) in [6.07, 6.45) is 2.32. The van der Waals surface area contributed by atoms with Crippen molar-refractivity contribution in [2.45, 2.75) is 39.4 Å². The predicted octanol–water partition coefficient (Wildman–Crippen LogP) is 0.207. The standard InChI is InChI=1S/C14H21N5O3S/c1-4-19-12-7-18(16-14(12)10(2)15-19)8-13(20)17(3)11-5-6-23(21,22)9-11/h7,11H,4-6,8-9H2,1-3H3/t11-/m1/s1. The first kappa shape index (κ1) is 16.0. The van der Waals surface area contributed by atoms with Gasteiger partial charge in [0.25, 0.3) is 0 Å². The molecular formula is C14H21N5O3S. The van der Waals surface area contributed by atoms with Gasteiger partial charge in [-0.1, -0.05) is 0 Å². The number of fused-ring (bicyclic) bond motifs is 1. The van der Waals surface area contributed by atoms with Crippen LogP contribution in [0.1, 0.15) is 19.0 Å². The minimum absolute atomic E-state index is 0.0558. The minimum Gasteiger partial charge on any atom is -0.340 e. The van der Waals surface area contributed by atoms with Gasteiger partial charge in [0.2, 0.25) is 5.91 Å². The first-order valence-corrected chi connectivity index (χ1v) is 9.49. The smallest absolute Gasteiger partial charge is 0.244 e. The van der Waals surface area contributed by atoms with Crippen LogP contribution in [-0.4, -0.2) is 63.4 Å². The van der Waals surface area contributed by atoms with Crippen LogP contribution in [0.25, 0.3) is 11.0 Å².